The standard InChI is InChI=1S/C16H10.2BrH/c1-3-11-7-9-13-5-2-6-14-10-8-12(4-1)15(11)16(13)14;;/h1-10H;2*1H. The smallest absolute Gasteiger partial charge is 0.00268 e. The number of hydrogen-bond donors (Lipinski definition) is 0. The van der Waals surface area contributed by atoms with Gasteiger partial charge >= 0.3 is 0 Å². The Kier molecular flexibility index (Phi) is 3.60. The van der Waals surface area contributed by atoms with E-state index in [0.717, 1.165) is 0 Å². The second-order valence-corrected chi connectivity index (χ2v) is 4.29. The van der Waals surface area contributed by atoms with E-state index >= 15 is 0 Å². The molecule has 4 rings (SSSR count). The van der Waals surface area contributed by atoms with E-state index in [1.54, 1.807) is 0 Å². The highest BCUT2D eigenvalue weighted by Gasteiger charge is 2.05. The molecule has 0 saturated carbocycles. The van der Waals surface area contributed by atoms with Gasteiger partial charge in [0.2, 0.25) is 0 Å². The van der Waals surface area contributed by atoms with Crippen molar-refractivity contribution in [2.24, 2.45) is 0 Å². The minimum atomic E-state index is 0. The highest BCUT2D eigenvalue weighted by molar-refractivity contribution is 8.93. The zero-order valence-corrected chi connectivity index (χ0v) is 13.0. The molecule has 0 spiro atoms. The highest BCUT2D eigenvalue weighted by Crippen LogP contribution is 2.33. The fourth-order valence-electron chi connectivity index (χ4n) is 2.67. The molecule has 0 nitrogen and oxygen atoms in total. The third-order valence-corrected chi connectivity index (χ3v) is 3.39. The average molecular weight is 364 g/mol. The van der Waals surface area contributed by atoms with Crippen LogP contribution in [0.2, 0.25) is 0 Å². The van der Waals surface area contributed by atoms with Crippen molar-refractivity contribution in [1.29, 1.82) is 0 Å². The van der Waals surface area contributed by atoms with Crippen LogP contribution in [0.4, 0.5) is 0 Å². The molecular formula is C16H12Br2. The van der Waals surface area contributed by atoms with Crippen molar-refractivity contribution in [2.45, 2.75) is 0 Å². The Labute approximate surface area is 126 Å². The Bertz CT molecular complexity index is 676. The van der Waals surface area contributed by atoms with Crippen molar-refractivity contribution < 1.29 is 0 Å². The number of hydrogen-bond acceptors (Lipinski definition) is 0. The summed E-state index contributed by atoms with van der Waals surface area (Å²) < 4.78 is 0. The van der Waals surface area contributed by atoms with E-state index in [9.17, 15) is 0 Å². The maximum absolute atomic E-state index is 2.21. The Morgan fingerprint density at radius 3 is 0.944 bits per heavy atom. The van der Waals surface area contributed by atoms with Gasteiger partial charge < -0.3 is 0 Å². The molecule has 0 fully saturated rings. The Morgan fingerprint density at radius 1 is 0.389 bits per heavy atom. The second kappa shape index (κ2) is 4.87. The molecule has 0 saturated heterocycles. The van der Waals surface area contributed by atoms with Crippen LogP contribution >= 0.6 is 34.0 Å². The van der Waals surface area contributed by atoms with E-state index < -0.39 is 0 Å². The maximum Gasteiger partial charge on any atom is -0.00268 e. The lowest BCUT2D eigenvalue weighted by Gasteiger charge is -2.09. The van der Waals surface area contributed by atoms with E-state index in [2.05, 4.69) is 60.7 Å². The predicted molar refractivity (Wildman–Crippen MR) is 90.8 cm³/mol. The van der Waals surface area contributed by atoms with Crippen LogP contribution in [0.15, 0.2) is 60.7 Å². The third kappa shape index (κ3) is 1.72. The monoisotopic (exact) mass is 362 g/mol. The zero-order valence-electron chi connectivity index (χ0n) is 9.59. The van der Waals surface area contributed by atoms with Crippen LogP contribution in [-0.2, 0) is 0 Å². The van der Waals surface area contributed by atoms with Gasteiger partial charge in [-0.3, -0.25) is 0 Å². The number of benzene rings is 4. The Balaban J connectivity index is 0.000000602. The fraction of sp³-hybridized carbons (Fsp3) is 0. The highest BCUT2D eigenvalue weighted by atomic mass is 79.9. The van der Waals surface area contributed by atoms with E-state index in [0.29, 0.717) is 0 Å². The molecule has 4 aromatic rings. The first-order valence-corrected chi connectivity index (χ1v) is 5.56. The summed E-state index contributed by atoms with van der Waals surface area (Å²) in [5.41, 5.74) is 0. The molecule has 0 amide bonds. The van der Waals surface area contributed by atoms with Gasteiger partial charge in [-0.1, -0.05) is 60.7 Å². The van der Waals surface area contributed by atoms with Crippen molar-refractivity contribution in [2.75, 3.05) is 0 Å². The third-order valence-electron chi connectivity index (χ3n) is 3.39. The lowest BCUT2D eigenvalue weighted by molar-refractivity contribution is 1.78. The summed E-state index contributed by atoms with van der Waals surface area (Å²) in [6, 6.07) is 21.9. The van der Waals surface area contributed by atoms with Crippen LogP contribution in [0, 0.1) is 0 Å². The van der Waals surface area contributed by atoms with Crippen molar-refractivity contribution in [1.82, 2.24) is 0 Å². The van der Waals surface area contributed by atoms with Crippen LogP contribution in [-0.4, -0.2) is 0 Å². The van der Waals surface area contributed by atoms with Crippen molar-refractivity contribution in [3.8, 4) is 0 Å². The molecule has 2 heteroatoms. The summed E-state index contributed by atoms with van der Waals surface area (Å²) in [5.74, 6) is 0. The largest absolute Gasteiger partial charge is 0.114 e. The first kappa shape index (κ1) is 13.3. The van der Waals surface area contributed by atoms with Gasteiger partial charge in [-0.15, -0.1) is 34.0 Å². The van der Waals surface area contributed by atoms with Gasteiger partial charge in [0.1, 0.15) is 0 Å². The first-order chi connectivity index (χ1) is 7.93. The molecule has 0 aromatic heterocycles. The summed E-state index contributed by atoms with van der Waals surface area (Å²) in [7, 11) is 0. The summed E-state index contributed by atoms with van der Waals surface area (Å²) in [6.45, 7) is 0. The van der Waals surface area contributed by atoms with Crippen LogP contribution in [0.25, 0.3) is 32.3 Å². The van der Waals surface area contributed by atoms with E-state index in [4.69, 9.17) is 0 Å². The van der Waals surface area contributed by atoms with Gasteiger partial charge in [0, 0.05) is 0 Å². The molecule has 0 aliphatic carbocycles. The Hall–Kier alpha value is -1.12. The molecule has 0 bridgehead atoms. The molecule has 18 heavy (non-hydrogen) atoms. The van der Waals surface area contributed by atoms with Crippen LogP contribution < -0.4 is 0 Å². The van der Waals surface area contributed by atoms with Gasteiger partial charge in [0.25, 0.3) is 0 Å². The summed E-state index contributed by atoms with van der Waals surface area (Å²) in [6.07, 6.45) is 0. The lowest BCUT2D eigenvalue weighted by Crippen LogP contribution is -1.82. The molecule has 0 heterocycles. The SMILES string of the molecule is Br.Br.c1cc2ccc3cccc4ccc(c1)c2c34. The second-order valence-electron chi connectivity index (χ2n) is 4.29. The molecule has 0 aliphatic heterocycles. The van der Waals surface area contributed by atoms with Crippen LogP contribution in [0.1, 0.15) is 0 Å². The van der Waals surface area contributed by atoms with Crippen molar-refractivity contribution in [3.05, 3.63) is 60.7 Å². The quantitative estimate of drug-likeness (QED) is 0.349. The van der Waals surface area contributed by atoms with Crippen molar-refractivity contribution >= 4 is 66.3 Å². The van der Waals surface area contributed by atoms with Gasteiger partial charge in [0.05, 0.1) is 0 Å². The topological polar surface area (TPSA) is 0 Å². The van der Waals surface area contributed by atoms with Gasteiger partial charge in [0.15, 0.2) is 0 Å². The summed E-state index contributed by atoms with van der Waals surface area (Å²) >= 11 is 0. The van der Waals surface area contributed by atoms with Gasteiger partial charge in [-0.25, -0.2) is 0 Å². The molecule has 0 N–H and O–H groups in total. The molecular weight excluding hydrogens is 352 g/mol. The van der Waals surface area contributed by atoms with Gasteiger partial charge in [-0.05, 0) is 32.3 Å². The minimum Gasteiger partial charge on any atom is -0.114 e. The predicted octanol–water partition coefficient (Wildman–Crippen LogP) is 5.74. The molecule has 0 radical (unpaired) electrons. The van der Waals surface area contributed by atoms with Gasteiger partial charge in [-0.2, -0.15) is 0 Å². The Morgan fingerprint density at radius 2 is 0.667 bits per heavy atom. The number of rotatable bonds is 0. The fourth-order valence-corrected chi connectivity index (χ4v) is 2.67. The number of halogens is 2. The van der Waals surface area contributed by atoms with Crippen molar-refractivity contribution in [3.63, 3.8) is 0 Å². The molecule has 0 aliphatic rings. The van der Waals surface area contributed by atoms with Crippen LogP contribution in [0.5, 0.6) is 0 Å². The summed E-state index contributed by atoms with van der Waals surface area (Å²) in [4.78, 5) is 0. The van der Waals surface area contributed by atoms with E-state index in [1.807, 2.05) is 0 Å². The molecule has 0 atom stereocenters. The van der Waals surface area contributed by atoms with Crippen LogP contribution in [0.3, 0.4) is 0 Å². The molecule has 0 unspecified atom stereocenters. The molecule has 90 valence electrons. The zero-order chi connectivity index (χ0) is 10.5. The minimum absolute atomic E-state index is 0. The maximum atomic E-state index is 2.21. The normalized spacial score (nSPS) is 10.4. The van der Waals surface area contributed by atoms with E-state index in [1.165, 1.54) is 32.3 Å². The molecule has 4 aromatic carbocycles. The first-order valence-electron chi connectivity index (χ1n) is 5.56. The van der Waals surface area contributed by atoms with E-state index in [-0.39, 0.29) is 34.0 Å². The summed E-state index contributed by atoms with van der Waals surface area (Å²) in [5, 5.41) is 8.14. The average Bonchev–Trinajstić information content (AvgIpc) is 2.36. The lowest BCUT2D eigenvalue weighted by atomic mass is 9.95.